The maximum atomic E-state index is 12.0. The van der Waals surface area contributed by atoms with Gasteiger partial charge in [-0.15, -0.1) is 0 Å². The summed E-state index contributed by atoms with van der Waals surface area (Å²) in [4.78, 5) is 19.6. The van der Waals surface area contributed by atoms with Crippen LogP contribution in [-0.4, -0.2) is 16.5 Å². The Kier molecular flexibility index (Phi) is 4.91. The van der Waals surface area contributed by atoms with Crippen LogP contribution >= 0.6 is 0 Å². The minimum atomic E-state index is -0.259. The van der Waals surface area contributed by atoms with Crippen LogP contribution in [-0.2, 0) is 11.8 Å². The Morgan fingerprint density at radius 1 is 1.19 bits per heavy atom. The Morgan fingerprint density at radius 3 is 2.43 bits per heavy atom. The van der Waals surface area contributed by atoms with Crippen LogP contribution in [0.25, 0.3) is 0 Å². The van der Waals surface area contributed by atoms with Crippen molar-refractivity contribution in [3.05, 3.63) is 63.8 Å². The van der Waals surface area contributed by atoms with Gasteiger partial charge in [0, 0.05) is 18.2 Å². The monoisotopic (exact) mass is 285 g/mol. The molecular formula is C17H23N3O. The van der Waals surface area contributed by atoms with Crippen LogP contribution < -0.4 is 11.3 Å². The molecule has 0 spiro atoms. The van der Waals surface area contributed by atoms with Crippen molar-refractivity contribution in [1.82, 2.24) is 9.97 Å². The van der Waals surface area contributed by atoms with Crippen molar-refractivity contribution in [3.63, 3.8) is 0 Å². The maximum Gasteiger partial charge on any atom is 0.251 e. The Labute approximate surface area is 125 Å². The van der Waals surface area contributed by atoms with E-state index in [-0.39, 0.29) is 11.0 Å². The molecule has 1 aromatic heterocycles. The third-order valence-electron chi connectivity index (χ3n) is 4.18. The van der Waals surface area contributed by atoms with Gasteiger partial charge in [0.05, 0.1) is 5.41 Å². The molecular weight excluding hydrogens is 262 g/mol. The molecule has 0 amide bonds. The van der Waals surface area contributed by atoms with Crippen molar-refractivity contribution in [3.8, 4) is 0 Å². The zero-order chi connectivity index (χ0) is 15.3. The summed E-state index contributed by atoms with van der Waals surface area (Å²) in [6.07, 6.45) is 2.38. The number of nitrogens with one attached hydrogen (secondary N) is 1. The summed E-state index contributed by atoms with van der Waals surface area (Å²) in [5.74, 6) is 0.745. The van der Waals surface area contributed by atoms with Gasteiger partial charge in [-0.3, -0.25) is 4.79 Å². The van der Waals surface area contributed by atoms with Crippen molar-refractivity contribution in [2.75, 3.05) is 6.54 Å². The molecule has 112 valence electrons. The summed E-state index contributed by atoms with van der Waals surface area (Å²) in [6.45, 7) is 4.75. The highest BCUT2D eigenvalue weighted by Crippen LogP contribution is 2.36. The number of aromatic nitrogens is 2. The highest BCUT2D eigenvalue weighted by atomic mass is 16.1. The number of nitrogens with two attached hydrogens (primary N) is 1. The first kappa shape index (κ1) is 15.4. The summed E-state index contributed by atoms with van der Waals surface area (Å²) in [7, 11) is 0. The average molecular weight is 285 g/mol. The number of nitrogens with zero attached hydrogens (tertiary/aromatic N) is 1. The van der Waals surface area contributed by atoms with Crippen LogP contribution in [0.3, 0.4) is 0 Å². The topological polar surface area (TPSA) is 71.8 Å². The highest BCUT2D eigenvalue weighted by Gasteiger charge is 2.33. The Morgan fingerprint density at radius 2 is 1.86 bits per heavy atom. The zero-order valence-electron chi connectivity index (χ0n) is 12.7. The van der Waals surface area contributed by atoms with E-state index in [2.05, 4.69) is 35.9 Å². The lowest BCUT2D eigenvalue weighted by Crippen LogP contribution is -2.32. The van der Waals surface area contributed by atoms with Crippen molar-refractivity contribution in [2.24, 2.45) is 5.73 Å². The van der Waals surface area contributed by atoms with Crippen LogP contribution in [0.15, 0.2) is 41.2 Å². The molecule has 0 radical (unpaired) electrons. The molecule has 0 fully saturated rings. The molecule has 0 saturated carbocycles. The summed E-state index contributed by atoms with van der Waals surface area (Å²) in [5, 5.41) is 0. The highest BCUT2D eigenvalue weighted by molar-refractivity contribution is 5.33. The zero-order valence-corrected chi connectivity index (χ0v) is 12.7. The van der Waals surface area contributed by atoms with E-state index < -0.39 is 0 Å². The molecule has 3 N–H and O–H groups in total. The second kappa shape index (κ2) is 6.68. The second-order valence-electron chi connectivity index (χ2n) is 5.28. The van der Waals surface area contributed by atoms with E-state index >= 15 is 0 Å². The molecule has 2 rings (SSSR count). The molecule has 0 aliphatic carbocycles. The fourth-order valence-electron chi connectivity index (χ4n) is 2.90. The van der Waals surface area contributed by atoms with Crippen LogP contribution in [0.1, 0.15) is 43.8 Å². The maximum absolute atomic E-state index is 12.0. The third-order valence-corrected chi connectivity index (χ3v) is 4.18. The first-order chi connectivity index (χ1) is 10.2. The van der Waals surface area contributed by atoms with E-state index in [1.54, 1.807) is 0 Å². The van der Waals surface area contributed by atoms with Crippen molar-refractivity contribution < 1.29 is 0 Å². The average Bonchev–Trinajstić information content (AvgIpc) is 2.50. The number of rotatable bonds is 6. The van der Waals surface area contributed by atoms with E-state index in [1.165, 1.54) is 11.6 Å². The Bertz CT molecular complexity index is 630. The van der Waals surface area contributed by atoms with Crippen molar-refractivity contribution in [1.29, 1.82) is 0 Å². The first-order valence-corrected chi connectivity index (χ1v) is 7.52. The lowest BCUT2D eigenvalue weighted by atomic mass is 9.75. The van der Waals surface area contributed by atoms with Gasteiger partial charge in [-0.1, -0.05) is 44.2 Å². The van der Waals surface area contributed by atoms with Gasteiger partial charge in [-0.2, -0.15) is 0 Å². The molecule has 4 heteroatoms. The molecule has 4 nitrogen and oxygen atoms in total. The smallest absolute Gasteiger partial charge is 0.251 e. The van der Waals surface area contributed by atoms with Gasteiger partial charge in [0.25, 0.3) is 5.56 Å². The van der Waals surface area contributed by atoms with Gasteiger partial charge >= 0.3 is 0 Å². The predicted molar refractivity (Wildman–Crippen MR) is 85.4 cm³/mol. The van der Waals surface area contributed by atoms with Gasteiger partial charge in [-0.25, -0.2) is 4.98 Å². The molecule has 0 atom stereocenters. The van der Waals surface area contributed by atoms with Gasteiger partial charge in [0.15, 0.2) is 0 Å². The van der Waals surface area contributed by atoms with Gasteiger partial charge in [-0.05, 0) is 24.9 Å². The molecule has 1 heterocycles. The fourth-order valence-corrected chi connectivity index (χ4v) is 2.90. The standard InChI is InChI=1S/C17H23N3O/c1-3-17(4-2,13-8-6-5-7-9-13)16-19-14(10-11-18)12-15(21)20-16/h5-9,12H,3-4,10-11,18H2,1-2H3,(H,19,20,21). The quantitative estimate of drug-likeness (QED) is 0.856. The van der Waals surface area contributed by atoms with Gasteiger partial charge < -0.3 is 10.7 Å². The van der Waals surface area contributed by atoms with Gasteiger partial charge in [0.1, 0.15) is 5.82 Å². The van der Waals surface area contributed by atoms with E-state index in [0.29, 0.717) is 13.0 Å². The molecule has 0 aliphatic rings. The predicted octanol–water partition coefficient (Wildman–Crippen LogP) is 2.38. The number of aromatic amines is 1. The Balaban J connectivity index is 2.60. The molecule has 0 unspecified atom stereocenters. The third kappa shape index (κ3) is 3.05. The summed E-state index contributed by atoms with van der Waals surface area (Å²) in [6, 6.07) is 11.8. The minimum Gasteiger partial charge on any atom is -0.330 e. The summed E-state index contributed by atoms with van der Waals surface area (Å²) < 4.78 is 0. The molecule has 0 aliphatic heterocycles. The first-order valence-electron chi connectivity index (χ1n) is 7.52. The van der Waals surface area contributed by atoms with Crippen molar-refractivity contribution in [2.45, 2.75) is 38.5 Å². The van der Waals surface area contributed by atoms with E-state index in [4.69, 9.17) is 5.73 Å². The molecule has 1 aromatic carbocycles. The molecule has 2 aromatic rings. The fraction of sp³-hybridized carbons (Fsp3) is 0.412. The van der Waals surface area contributed by atoms with Crippen LogP contribution in [0.2, 0.25) is 0 Å². The number of H-pyrrole nitrogens is 1. The van der Waals surface area contributed by atoms with E-state index in [0.717, 1.165) is 24.4 Å². The summed E-state index contributed by atoms with van der Waals surface area (Å²) in [5.41, 5.74) is 7.17. The molecule has 21 heavy (non-hydrogen) atoms. The lowest BCUT2D eigenvalue weighted by molar-refractivity contribution is 0.445. The van der Waals surface area contributed by atoms with Crippen molar-refractivity contribution >= 4 is 0 Å². The largest absolute Gasteiger partial charge is 0.330 e. The molecule has 0 saturated heterocycles. The van der Waals surface area contributed by atoms with E-state index in [9.17, 15) is 4.79 Å². The van der Waals surface area contributed by atoms with E-state index in [1.807, 2.05) is 18.2 Å². The number of benzene rings is 1. The number of hydrogen-bond acceptors (Lipinski definition) is 3. The van der Waals surface area contributed by atoms with Crippen LogP contribution in [0.4, 0.5) is 0 Å². The lowest BCUT2D eigenvalue weighted by Gasteiger charge is -2.31. The second-order valence-corrected chi connectivity index (χ2v) is 5.28. The van der Waals surface area contributed by atoms with Crippen LogP contribution in [0.5, 0.6) is 0 Å². The SMILES string of the molecule is CCC(CC)(c1ccccc1)c1nc(CCN)cc(=O)[nH]1. The van der Waals surface area contributed by atoms with Crippen LogP contribution in [0, 0.1) is 0 Å². The molecule has 0 bridgehead atoms. The number of hydrogen-bond donors (Lipinski definition) is 2. The Hall–Kier alpha value is -1.94. The van der Waals surface area contributed by atoms with Gasteiger partial charge in [0.2, 0.25) is 0 Å². The normalized spacial score (nSPS) is 11.6. The summed E-state index contributed by atoms with van der Waals surface area (Å²) >= 11 is 0. The minimum absolute atomic E-state index is 0.106.